The van der Waals surface area contributed by atoms with Crippen LogP contribution in [0, 0.1) is 13.8 Å². The molecule has 134 valence electrons. The smallest absolute Gasteiger partial charge is 0.0634 e. The van der Waals surface area contributed by atoms with Gasteiger partial charge in [-0.15, -0.1) is 11.3 Å². The number of benzene rings is 4. The Balaban J connectivity index is 1.94. The van der Waals surface area contributed by atoms with Crippen LogP contribution in [0.25, 0.3) is 47.7 Å². The Labute approximate surface area is 167 Å². The summed E-state index contributed by atoms with van der Waals surface area (Å²) in [5, 5.41) is 5.39. The van der Waals surface area contributed by atoms with Gasteiger partial charge >= 0.3 is 0 Å². The van der Waals surface area contributed by atoms with E-state index in [2.05, 4.69) is 97.3 Å². The van der Waals surface area contributed by atoms with Crippen LogP contribution >= 0.6 is 11.3 Å². The SMILES string of the molecule is Cc1ccc2sc3ccc4c5cc(C)ccc5n(-c5ccccc5)c4c3c2c1. The molecule has 2 heterocycles. The number of rotatable bonds is 1. The lowest BCUT2D eigenvalue weighted by Crippen LogP contribution is -1.93. The molecule has 28 heavy (non-hydrogen) atoms. The van der Waals surface area contributed by atoms with Crippen LogP contribution in [0.3, 0.4) is 0 Å². The molecule has 0 N–H and O–H groups in total. The first-order valence-corrected chi connectivity index (χ1v) is 10.4. The van der Waals surface area contributed by atoms with Gasteiger partial charge in [-0.05, 0) is 56.3 Å². The van der Waals surface area contributed by atoms with Crippen molar-refractivity contribution in [1.29, 1.82) is 0 Å². The fraction of sp³-hybridized carbons (Fsp3) is 0.0769. The van der Waals surface area contributed by atoms with E-state index in [0.29, 0.717) is 0 Å². The van der Waals surface area contributed by atoms with Gasteiger partial charge in [0.05, 0.1) is 11.0 Å². The van der Waals surface area contributed by atoms with E-state index in [9.17, 15) is 0 Å². The Morgan fingerprint density at radius 3 is 2.18 bits per heavy atom. The van der Waals surface area contributed by atoms with E-state index in [-0.39, 0.29) is 0 Å². The number of nitrogens with zero attached hydrogens (tertiary/aromatic N) is 1. The molecule has 0 spiro atoms. The second kappa shape index (κ2) is 5.70. The van der Waals surface area contributed by atoms with E-state index < -0.39 is 0 Å². The van der Waals surface area contributed by atoms with Gasteiger partial charge in [0.2, 0.25) is 0 Å². The van der Waals surface area contributed by atoms with E-state index in [0.717, 1.165) is 0 Å². The zero-order valence-corrected chi connectivity index (χ0v) is 16.7. The molecule has 6 rings (SSSR count). The highest BCUT2D eigenvalue weighted by Crippen LogP contribution is 2.43. The molecule has 0 fully saturated rings. The van der Waals surface area contributed by atoms with Crippen molar-refractivity contribution in [2.24, 2.45) is 0 Å². The molecule has 2 heteroatoms. The fourth-order valence-corrected chi connectivity index (χ4v) is 5.53. The molecule has 0 aliphatic rings. The predicted octanol–water partition coefficient (Wildman–Crippen LogP) is 7.77. The zero-order chi connectivity index (χ0) is 18.8. The van der Waals surface area contributed by atoms with Crippen LogP contribution in [0.2, 0.25) is 0 Å². The normalized spacial score (nSPS) is 11.9. The zero-order valence-electron chi connectivity index (χ0n) is 15.9. The average molecular weight is 378 g/mol. The lowest BCUT2D eigenvalue weighted by molar-refractivity contribution is 1.19. The van der Waals surface area contributed by atoms with Gasteiger partial charge in [-0.2, -0.15) is 0 Å². The van der Waals surface area contributed by atoms with Gasteiger partial charge in [0.1, 0.15) is 0 Å². The monoisotopic (exact) mass is 377 g/mol. The van der Waals surface area contributed by atoms with Gasteiger partial charge < -0.3 is 4.57 Å². The summed E-state index contributed by atoms with van der Waals surface area (Å²) in [6.45, 7) is 4.35. The maximum absolute atomic E-state index is 2.45. The van der Waals surface area contributed by atoms with Crippen LogP contribution in [-0.2, 0) is 0 Å². The number of thiophene rings is 1. The number of hydrogen-bond donors (Lipinski definition) is 0. The van der Waals surface area contributed by atoms with E-state index in [1.807, 2.05) is 11.3 Å². The molecule has 0 saturated heterocycles. The summed E-state index contributed by atoms with van der Waals surface area (Å²) in [7, 11) is 0. The first-order valence-electron chi connectivity index (χ1n) is 9.63. The number of fused-ring (bicyclic) bond motifs is 7. The summed E-state index contributed by atoms with van der Waals surface area (Å²) >= 11 is 1.89. The Bertz CT molecular complexity index is 1520. The number of aryl methyl sites for hydroxylation is 2. The second-order valence-corrected chi connectivity index (χ2v) is 8.71. The maximum atomic E-state index is 2.45. The molecule has 0 atom stereocenters. The molecule has 6 aromatic rings. The molecule has 0 radical (unpaired) electrons. The van der Waals surface area contributed by atoms with Gasteiger partial charge in [0.25, 0.3) is 0 Å². The summed E-state index contributed by atoms with van der Waals surface area (Å²) < 4.78 is 5.15. The largest absolute Gasteiger partial charge is 0.309 e. The predicted molar refractivity (Wildman–Crippen MR) is 123 cm³/mol. The Kier molecular flexibility index (Phi) is 3.24. The molecular formula is C26H19NS. The number of para-hydroxylation sites is 1. The van der Waals surface area contributed by atoms with E-state index >= 15 is 0 Å². The molecular weight excluding hydrogens is 358 g/mol. The molecule has 0 aliphatic carbocycles. The van der Waals surface area contributed by atoms with Crippen LogP contribution in [0.1, 0.15) is 11.1 Å². The molecule has 2 aromatic heterocycles. The number of aromatic nitrogens is 1. The van der Waals surface area contributed by atoms with Crippen LogP contribution in [0.15, 0.2) is 78.9 Å². The summed E-state index contributed by atoms with van der Waals surface area (Å²) in [6, 6.07) is 29.0. The Morgan fingerprint density at radius 1 is 0.643 bits per heavy atom. The summed E-state index contributed by atoms with van der Waals surface area (Å²) in [5.74, 6) is 0. The van der Waals surface area contributed by atoms with Crippen molar-refractivity contribution in [1.82, 2.24) is 4.57 Å². The van der Waals surface area contributed by atoms with E-state index in [1.54, 1.807) is 0 Å². The highest BCUT2D eigenvalue weighted by atomic mass is 32.1. The minimum atomic E-state index is 1.21. The second-order valence-electron chi connectivity index (χ2n) is 7.63. The van der Waals surface area contributed by atoms with Gasteiger partial charge in [-0.1, -0.05) is 47.5 Å². The molecule has 1 nitrogen and oxygen atoms in total. The van der Waals surface area contributed by atoms with Crippen LogP contribution in [0.4, 0.5) is 0 Å². The first kappa shape index (κ1) is 15.9. The Morgan fingerprint density at radius 2 is 1.36 bits per heavy atom. The highest BCUT2D eigenvalue weighted by molar-refractivity contribution is 7.26. The standard InChI is InChI=1S/C26H19NS/c1-16-8-11-22-20(14-16)19-10-13-24-25(21-15-17(2)9-12-23(21)28-24)26(19)27(22)18-6-4-3-5-7-18/h3-15H,1-2H3. The van der Waals surface area contributed by atoms with Crippen molar-refractivity contribution in [2.75, 3.05) is 0 Å². The summed E-state index contributed by atoms with van der Waals surface area (Å²) in [4.78, 5) is 0. The molecule has 0 unspecified atom stereocenters. The topological polar surface area (TPSA) is 4.93 Å². The average Bonchev–Trinajstić information content (AvgIpc) is 3.23. The van der Waals surface area contributed by atoms with Crippen molar-refractivity contribution in [3.63, 3.8) is 0 Å². The van der Waals surface area contributed by atoms with Crippen molar-refractivity contribution in [2.45, 2.75) is 13.8 Å². The van der Waals surface area contributed by atoms with Gasteiger partial charge in [-0.25, -0.2) is 0 Å². The molecule has 0 bridgehead atoms. The van der Waals surface area contributed by atoms with Crippen molar-refractivity contribution in [3.8, 4) is 5.69 Å². The van der Waals surface area contributed by atoms with Gasteiger partial charge in [0, 0.05) is 36.6 Å². The first-order chi connectivity index (χ1) is 13.7. The van der Waals surface area contributed by atoms with Crippen LogP contribution in [0.5, 0.6) is 0 Å². The van der Waals surface area contributed by atoms with Crippen LogP contribution < -0.4 is 0 Å². The minimum Gasteiger partial charge on any atom is -0.309 e. The highest BCUT2D eigenvalue weighted by Gasteiger charge is 2.18. The molecule has 0 amide bonds. The lowest BCUT2D eigenvalue weighted by Gasteiger charge is -2.09. The fourth-order valence-electron chi connectivity index (χ4n) is 4.44. The summed E-state index contributed by atoms with van der Waals surface area (Å²) in [5.41, 5.74) is 6.41. The quantitative estimate of drug-likeness (QED) is 0.276. The molecule has 0 aliphatic heterocycles. The molecule has 4 aromatic carbocycles. The van der Waals surface area contributed by atoms with Crippen LogP contribution in [-0.4, -0.2) is 4.57 Å². The lowest BCUT2D eigenvalue weighted by atomic mass is 10.1. The van der Waals surface area contributed by atoms with E-state index in [1.165, 1.54) is 58.8 Å². The van der Waals surface area contributed by atoms with Crippen molar-refractivity contribution < 1.29 is 0 Å². The third kappa shape index (κ3) is 2.12. The number of hydrogen-bond acceptors (Lipinski definition) is 1. The minimum absolute atomic E-state index is 1.21. The van der Waals surface area contributed by atoms with Crippen molar-refractivity contribution >= 4 is 53.3 Å². The maximum Gasteiger partial charge on any atom is 0.0634 e. The molecule has 0 saturated carbocycles. The van der Waals surface area contributed by atoms with Crippen molar-refractivity contribution in [3.05, 3.63) is 90.0 Å². The Hall–Kier alpha value is -3.10. The van der Waals surface area contributed by atoms with Gasteiger partial charge in [-0.3, -0.25) is 0 Å². The third-order valence-electron chi connectivity index (χ3n) is 5.69. The summed E-state index contributed by atoms with van der Waals surface area (Å²) in [6.07, 6.45) is 0. The van der Waals surface area contributed by atoms with Gasteiger partial charge in [0.15, 0.2) is 0 Å². The van der Waals surface area contributed by atoms with E-state index in [4.69, 9.17) is 0 Å². The third-order valence-corrected chi connectivity index (χ3v) is 6.82.